The van der Waals surface area contributed by atoms with Gasteiger partial charge in [0.15, 0.2) is 6.73 Å². The summed E-state index contributed by atoms with van der Waals surface area (Å²) in [7, 11) is 0. The van der Waals surface area contributed by atoms with E-state index in [4.69, 9.17) is 5.73 Å². The number of thioether (sulfide) groups is 2. The maximum atomic E-state index is 10.2. The highest BCUT2D eigenvalue weighted by Crippen LogP contribution is 2.46. The number of ether oxygens (including phenoxy) is 1. The monoisotopic (exact) mass is 234 g/mol. The van der Waals surface area contributed by atoms with Crippen molar-refractivity contribution in [1.29, 1.82) is 0 Å². The summed E-state index contributed by atoms with van der Waals surface area (Å²) in [4.78, 5) is 14.3. The van der Waals surface area contributed by atoms with Crippen molar-refractivity contribution in [3.8, 4) is 0 Å². The molecular weight excluding hydrogens is 220 g/mol. The van der Waals surface area contributed by atoms with E-state index in [1.807, 2.05) is 29.7 Å². The molecule has 1 saturated heterocycles. The number of nitrogens with zero attached hydrogens (tertiary/aromatic N) is 1. The summed E-state index contributed by atoms with van der Waals surface area (Å²) in [6.45, 7) is 4.32. The van der Waals surface area contributed by atoms with Crippen LogP contribution < -0.4 is 5.73 Å². The lowest BCUT2D eigenvalue weighted by Gasteiger charge is -2.15. The minimum Gasteiger partial charge on any atom is -0.426 e. The first kappa shape index (κ1) is 11.7. The van der Waals surface area contributed by atoms with Crippen LogP contribution in [0.1, 0.15) is 13.8 Å². The molecule has 1 amide bonds. The number of nitrogens with two attached hydrogens (primary N) is 1. The fraction of sp³-hybridized carbons (Fsp3) is 0.750. The molecule has 2 unspecified atom stereocenters. The van der Waals surface area contributed by atoms with Gasteiger partial charge in [-0.2, -0.15) is 0 Å². The van der Waals surface area contributed by atoms with Crippen molar-refractivity contribution < 1.29 is 9.53 Å². The second-order valence-corrected chi connectivity index (χ2v) is 6.78. The van der Waals surface area contributed by atoms with E-state index in [1.165, 1.54) is 0 Å². The molecule has 4 nitrogen and oxygen atoms in total. The zero-order chi connectivity index (χ0) is 10.6. The SMILES string of the molecule is CC1CSC(C)(/C=N/COC(N)=O)S1. The van der Waals surface area contributed by atoms with Gasteiger partial charge in [0.1, 0.15) is 0 Å². The van der Waals surface area contributed by atoms with E-state index in [9.17, 15) is 4.79 Å². The van der Waals surface area contributed by atoms with Gasteiger partial charge in [0, 0.05) is 17.2 Å². The Morgan fingerprint density at radius 3 is 3.07 bits per heavy atom. The number of aliphatic imine (C=N–C) groups is 1. The highest BCUT2D eigenvalue weighted by Gasteiger charge is 2.32. The van der Waals surface area contributed by atoms with Gasteiger partial charge in [-0.05, 0) is 6.92 Å². The smallest absolute Gasteiger partial charge is 0.406 e. The van der Waals surface area contributed by atoms with Crippen molar-refractivity contribution in [3.63, 3.8) is 0 Å². The van der Waals surface area contributed by atoms with Gasteiger partial charge < -0.3 is 10.5 Å². The van der Waals surface area contributed by atoms with E-state index in [-0.39, 0.29) is 10.8 Å². The summed E-state index contributed by atoms with van der Waals surface area (Å²) in [5, 5.41) is 0.647. The van der Waals surface area contributed by atoms with Gasteiger partial charge in [0.05, 0.1) is 4.08 Å². The molecule has 1 aliphatic rings. The number of amides is 1. The van der Waals surface area contributed by atoms with E-state index >= 15 is 0 Å². The van der Waals surface area contributed by atoms with Crippen LogP contribution in [0, 0.1) is 0 Å². The van der Waals surface area contributed by atoms with E-state index in [0.717, 1.165) is 5.75 Å². The summed E-state index contributed by atoms with van der Waals surface area (Å²) >= 11 is 3.72. The van der Waals surface area contributed by atoms with Crippen LogP contribution in [0.5, 0.6) is 0 Å². The highest BCUT2D eigenvalue weighted by molar-refractivity contribution is 8.22. The lowest BCUT2D eigenvalue weighted by Crippen LogP contribution is -2.16. The molecular formula is C8H14N2O2S2. The average molecular weight is 234 g/mol. The number of carbonyl (C=O) groups excluding carboxylic acids is 1. The molecule has 0 saturated carbocycles. The van der Waals surface area contributed by atoms with Crippen LogP contribution in [0.15, 0.2) is 4.99 Å². The van der Waals surface area contributed by atoms with Crippen molar-refractivity contribution >= 4 is 35.8 Å². The summed E-state index contributed by atoms with van der Waals surface area (Å²) in [6, 6.07) is 0. The first-order valence-electron chi connectivity index (χ1n) is 4.27. The second kappa shape index (κ2) is 4.93. The van der Waals surface area contributed by atoms with Crippen molar-refractivity contribution in [2.24, 2.45) is 10.7 Å². The average Bonchev–Trinajstić information content (AvgIpc) is 2.41. The quantitative estimate of drug-likeness (QED) is 0.755. The van der Waals surface area contributed by atoms with Gasteiger partial charge in [-0.3, -0.25) is 4.99 Å². The van der Waals surface area contributed by atoms with Crippen molar-refractivity contribution in [2.45, 2.75) is 23.2 Å². The van der Waals surface area contributed by atoms with E-state index in [2.05, 4.69) is 23.6 Å². The van der Waals surface area contributed by atoms with E-state index in [0.29, 0.717) is 5.25 Å². The molecule has 0 aromatic heterocycles. The van der Waals surface area contributed by atoms with Gasteiger partial charge >= 0.3 is 6.09 Å². The predicted molar refractivity (Wildman–Crippen MR) is 61.9 cm³/mol. The molecule has 0 bridgehead atoms. The molecule has 0 spiro atoms. The molecule has 0 aromatic rings. The fourth-order valence-electron chi connectivity index (χ4n) is 1.12. The van der Waals surface area contributed by atoms with Crippen molar-refractivity contribution in [1.82, 2.24) is 0 Å². The third-order valence-electron chi connectivity index (χ3n) is 1.65. The van der Waals surface area contributed by atoms with Gasteiger partial charge in [0.25, 0.3) is 0 Å². The Balaban J connectivity index is 2.32. The topological polar surface area (TPSA) is 64.7 Å². The van der Waals surface area contributed by atoms with Crippen LogP contribution in [0.4, 0.5) is 4.79 Å². The minimum atomic E-state index is -0.785. The molecule has 0 aromatic carbocycles. The summed E-state index contributed by atoms with van der Waals surface area (Å²) < 4.78 is 4.51. The molecule has 1 aliphatic heterocycles. The summed E-state index contributed by atoms with van der Waals surface area (Å²) in [5.41, 5.74) is 4.80. The third-order valence-corrected chi connectivity index (χ3v) is 4.99. The number of hydrogen-bond acceptors (Lipinski definition) is 5. The molecule has 1 rings (SSSR count). The van der Waals surface area contributed by atoms with E-state index < -0.39 is 6.09 Å². The van der Waals surface area contributed by atoms with Crippen molar-refractivity contribution in [3.05, 3.63) is 0 Å². The Bertz CT molecular complexity index is 247. The van der Waals surface area contributed by atoms with Gasteiger partial charge in [-0.25, -0.2) is 4.79 Å². The van der Waals surface area contributed by atoms with Crippen LogP contribution in [0.25, 0.3) is 0 Å². The molecule has 6 heteroatoms. The van der Waals surface area contributed by atoms with Gasteiger partial charge in [-0.15, -0.1) is 23.5 Å². The Hall–Kier alpha value is -0.360. The molecule has 14 heavy (non-hydrogen) atoms. The van der Waals surface area contributed by atoms with Crippen LogP contribution in [0.3, 0.4) is 0 Å². The molecule has 80 valence electrons. The summed E-state index contributed by atoms with van der Waals surface area (Å²) in [5.74, 6) is 1.13. The Morgan fingerprint density at radius 2 is 2.57 bits per heavy atom. The van der Waals surface area contributed by atoms with Crippen LogP contribution in [-0.2, 0) is 4.74 Å². The van der Waals surface area contributed by atoms with Gasteiger partial charge in [-0.1, -0.05) is 6.92 Å². The number of hydrogen-bond donors (Lipinski definition) is 1. The molecule has 2 N–H and O–H groups in total. The van der Waals surface area contributed by atoms with E-state index in [1.54, 1.807) is 0 Å². The molecule has 0 aliphatic carbocycles. The zero-order valence-corrected chi connectivity index (χ0v) is 9.86. The largest absolute Gasteiger partial charge is 0.426 e. The maximum Gasteiger partial charge on any atom is 0.406 e. The lowest BCUT2D eigenvalue weighted by molar-refractivity contribution is 0.160. The maximum absolute atomic E-state index is 10.2. The third kappa shape index (κ3) is 3.79. The Morgan fingerprint density at radius 1 is 1.86 bits per heavy atom. The Labute approximate surface area is 92.0 Å². The number of rotatable bonds is 3. The molecule has 1 heterocycles. The van der Waals surface area contributed by atoms with Gasteiger partial charge in [0.2, 0.25) is 0 Å². The minimum absolute atomic E-state index is 0.0143. The molecule has 2 atom stereocenters. The number of primary amides is 1. The van der Waals surface area contributed by atoms with Crippen LogP contribution >= 0.6 is 23.5 Å². The lowest BCUT2D eigenvalue weighted by atomic mass is 10.5. The molecule has 1 fully saturated rings. The standard InChI is InChI=1S/C8H14N2O2S2/c1-6-3-13-8(2,14-6)4-10-5-12-7(9)11/h4,6H,3,5H2,1-2H3,(H2,9,11)/b10-4+. The first-order valence-corrected chi connectivity index (χ1v) is 6.13. The number of carbonyl (C=O) groups is 1. The second-order valence-electron chi connectivity index (χ2n) is 3.16. The summed E-state index contributed by atoms with van der Waals surface area (Å²) in [6.07, 6.45) is 1.04. The fourth-order valence-corrected chi connectivity index (χ4v) is 4.22. The highest BCUT2D eigenvalue weighted by atomic mass is 32.2. The Kier molecular flexibility index (Phi) is 4.12. The predicted octanol–water partition coefficient (Wildman–Crippen LogP) is 1.69. The zero-order valence-electron chi connectivity index (χ0n) is 8.23. The first-order chi connectivity index (χ1) is 6.52. The van der Waals surface area contributed by atoms with Crippen molar-refractivity contribution in [2.75, 3.05) is 12.5 Å². The molecule has 0 radical (unpaired) electrons. The van der Waals surface area contributed by atoms with Crippen LogP contribution in [0.2, 0.25) is 0 Å². The van der Waals surface area contributed by atoms with Crippen LogP contribution in [-0.4, -0.2) is 34.1 Å². The normalized spacial score (nSPS) is 32.3.